The van der Waals surface area contributed by atoms with Crippen molar-refractivity contribution in [1.29, 1.82) is 0 Å². The number of carbonyl (C=O) groups is 1. The molecule has 6 nitrogen and oxygen atoms in total. The number of amides is 1. The lowest BCUT2D eigenvalue weighted by Gasteiger charge is -2.01. The van der Waals surface area contributed by atoms with Gasteiger partial charge in [0, 0.05) is 18.9 Å². The lowest BCUT2D eigenvalue weighted by Crippen LogP contribution is -2.23. The van der Waals surface area contributed by atoms with Gasteiger partial charge in [0.15, 0.2) is 0 Å². The van der Waals surface area contributed by atoms with Crippen molar-refractivity contribution >= 4 is 5.91 Å². The summed E-state index contributed by atoms with van der Waals surface area (Å²) in [7, 11) is 0. The monoisotopic (exact) mass is 298 g/mol. The van der Waals surface area contributed by atoms with Crippen LogP contribution in [0.2, 0.25) is 0 Å². The quantitative estimate of drug-likeness (QED) is 0.798. The average Bonchev–Trinajstić information content (AvgIpc) is 3.04. The van der Waals surface area contributed by atoms with Crippen molar-refractivity contribution in [3.05, 3.63) is 66.1 Å². The molecule has 0 saturated carbocycles. The summed E-state index contributed by atoms with van der Waals surface area (Å²) in [4.78, 5) is 15.9. The topological polar surface area (TPSA) is 80.9 Å². The Labute approximate surface area is 125 Å². The maximum atomic E-state index is 13.6. The highest BCUT2D eigenvalue weighted by atomic mass is 19.1. The highest BCUT2D eigenvalue weighted by molar-refractivity contribution is 5.89. The molecular weight excluding hydrogens is 287 g/mol. The number of rotatable bonds is 4. The maximum Gasteiger partial charge on any atom is 0.309 e. The van der Waals surface area contributed by atoms with Gasteiger partial charge in [-0.1, -0.05) is 18.2 Å². The lowest BCUT2D eigenvalue weighted by atomic mass is 10.2. The van der Waals surface area contributed by atoms with Crippen LogP contribution in [0.4, 0.5) is 4.39 Å². The molecule has 3 rings (SSSR count). The van der Waals surface area contributed by atoms with Gasteiger partial charge < -0.3 is 9.73 Å². The van der Waals surface area contributed by atoms with Crippen molar-refractivity contribution in [2.75, 3.05) is 0 Å². The molecule has 7 heteroatoms. The minimum atomic E-state index is -0.529. The van der Waals surface area contributed by atoms with Gasteiger partial charge in [-0.15, -0.1) is 10.2 Å². The summed E-state index contributed by atoms with van der Waals surface area (Å²) in [6, 6.07) is 9.57. The Kier molecular flexibility index (Phi) is 3.86. The van der Waals surface area contributed by atoms with Crippen LogP contribution in [0.1, 0.15) is 16.2 Å². The lowest BCUT2D eigenvalue weighted by molar-refractivity contribution is 0.0916. The second-order valence-electron chi connectivity index (χ2n) is 4.44. The molecule has 1 aromatic carbocycles. The molecule has 1 N–H and O–H groups in total. The van der Waals surface area contributed by atoms with Crippen LogP contribution in [0.25, 0.3) is 11.5 Å². The molecule has 0 aliphatic carbocycles. The zero-order valence-electron chi connectivity index (χ0n) is 11.4. The number of aromatic nitrogens is 3. The Morgan fingerprint density at radius 1 is 1.18 bits per heavy atom. The Bertz CT molecular complexity index is 789. The van der Waals surface area contributed by atoms with Gasteiger partial charge in [-0.3, -0.25) is 9.78 Å². The molecule has 22 heavy (non-hydrogen) atoms. The average molecular weight is 298 g/mol. The summed E-state index contributed by atoms with van der Waals surface area (Å²) < 4.78 is 18.8. The predicted octanol–water partition coefficient (Wildman–Crippen LogP) is 2.20. The summed E-state index contributed by atoms with van der Waals surface area (Å²) in [6.07, 6.45) is 3.28. The molecule has 2 aromatic heterocycles. The first kappa shape index (κ1) is 13.9. The third-order valence-corrected chi connectivity index (χ3v) is 2.90. The van der Waals surface area contributed by atoms with Crippen LogP contribution >= 0.6 is 0 Å². The Balaban J connectivity index is 1.71. The summed E-state index contributed by atoms with van der Waals surface area (Å²) in [5.41, 5.74) is 0.992. The van der Waals surface area contributed by atoms with E-state index in [9.17, 15) is 9.18 Å². The van der Waals surface area contributed by atoms with E-state index >= 15 is 0 Å². The molecule has 0 spiro atoms. The fraction of sp³-hybridized carbons (Fsp3) is 0.0667. The van der Waals surface area contributed by atoms with Crippen molar-refractivity contribution < 1.29 is 13.6 Å². The van der Waals surface area contributed by atoms with Gasteiger partial charge in [-0.25, -0.2) is 4.39 Å². The van der Waals surface area contributed by atoms with E-state index in [1.807, 2.05) is 6.07 Å². The van der Waals surface area contributed by atoms with Crippen molar-refractivity contribution in [2.45, 2.75) is 6.54 Å². The molecule has 3 aromatic rings. The number of nitrogens with one attached hydrogen (secondary N) is 1. The van der Waals surface area contributed by atoms with Crippen LogP contribution in [-0.4, -0.2) is 21.1 Å². The Morgan fingerprint density at radius 3 is 2.82 bits per heavy atom. The molecule has 0 fully saturated rings. The van der Waals surface area contributed by atoms with Crippen LogP contribution in [0.15, 0.2) is 53.2 Å². The van der Waals surface area contributed by atoms with Crippen molar-refractivity contribution in [3.63, 3.8) is 0 Å². The number of hydrogen-bond acceptors (Lipinski definition) is 5. The zero-order valence-corrected chi connectivity index (χ0v) is 11.4. The normalized spacial score (nSPS) is 10.4. The number of carbonyl (C=O) groups excluding carboxylic acids is 1. The van der Waals surface area contributed by atoms with Gasteiger partial charge in [0.25, 0.3) is 5.89 Å². The third kappa shape index (κ3) is 2.98. The summed E-state index contributed by atoms with van der Waals surface area (Å²) >= 11 is 0. The SMILES string of the molecule is O=C(NCc1cccnc1)c1nnc(-c2ccccc2F)o1. The van der Waals surface area contributed by atoms with Crippen molar-refractivity contribution in [2.24, 2.45) is 0 Å². The minimum Gasteiger partial charge on any atom is -0.412 e. The molecule has 0 unspecified atom stereocenters. The highest BCUT2D eigenvalue weighted by Gasteiger charge is 2.17. The largest absolute Gasteiger partial charge is 0.412 e. The fourth-order valence-corrected chi connectivity index (χ4v) is 1.82. The van der Waals surface area contributed by atoms with Crippen molar-refractivity contribution in [3.8, 4) is 11.5 Å². The van der Waals surface area contributed by atoms with E-state index in [0.717, 1.165) is 5.56 Å². The molecular formula is C15H11FN4O2. The third-order valence-electron chi connectivity index (χ3n) is 2.90. The van der Waals surface area contributed by atoms with Crippen LogP contribution in [0, 0.1) is 5.82 Å². The summed E-state index contributed by atoms with van der Waals surface area (Å²) in [5.74, 6) is -1.28. The fourth-order valence-electron chi connectivity index (χ4n) is 1.82. The van der Waals surface area contributed by atoms with Crippen LogP contribution in [0.3, 0.4) is 0 Å². The van der Waals surface area contributed by atoms with Crippen LogP contribution in [0.5, 0.6) is 0 Å². The summed E-state index contributed by atoms with van der Waals surface area (Å²) in [5, 5.41) is 9.95. The molecule has 0 aliphatic rings. The van der Waals surface area contributed by atoms with Gasteiger partial charge >= 0.3 is 11.8 Å². The second kappa shape index (κ2) is 6.13. The highest BCUT2D eigenvalue weighted by Crippen LogP contribution is 2.20. The molecule has 0 radical (unpaired) electrons. The second-order valence-corrected chi connectivity index (χ2v) is 4.44. The molecule has 0 bridgehead atoms. The Hall–Kier alpha value is -3.09. The zero-order chi connectivity index (χ0) is 15.4. The molecule has 1 amide bonds. The first-order chi connectivity index (χ1) is 10.7. The van der Waals surface area contributed by atoms with Gasteiger partial charge in [-0.2, -0.15) is 0 Å². The Morgan fingerprint density at radius 2 is 2.05 bits per heavy atom. The number of halogens is 1. The number of pyridine rings is 1. The molecule has 2 heterocycles. The maximum absolute atomic E-state index is 13.6. The van der Waals surface area contributed by atoms with E-state index in [1.165, 1.54) is 12.1 Å². The molecule has 0 saturated heterocycles. The van der Waals surface area contributed by atoms with Crippen molar-refractivity contribution in [1.82, 2.24) is 20.5 Å². The first-order valence-electron chi connectivity index (χ1n) is 6.49. The van der Waals surface area contributed by atoms with E-state index in [2.05, 4.69) is 20.5 Å². The number of benzene rings is 1. The standard InChI is InChI=1S/C15H11FN4O2/c16-12-6-2-1-5-11(12)14-19-20-15(22-14)13(21)18-9-10-4-3-7-17-8-10/h1-8H,9H2,(H,18,21). The smallest absolute Gasteiger partial charge is 0.309 e. The van der Waals surface area contributed by atoms with Gasteiger partial charge in [-0.05, 0) is 23.8 Å². The molecule has 110 valence electrons. The van der Waals surface area contributed by atoms with Gasteiger partial charge in [0.1, 0.15) is 5.82 Å². The van der Waals surface area contributed by atoms with E-state index in [0.29, 0.717) is 0 Å². The van der Waals surface area contributed by atoms with E-state index in [4.69, 9.17) is 4.42 Å². The van der Waals surface area contributed by atoms with E-state index in [-0.39, 0.29) is 23.9 Å². The van der Waals surface area contributed by atoms with E-state index < -0.39 is 11.7 Å². The summed E-state index contributed by atoms with van der Waals surface area (Å²) in [6.45, 7) is 0.282. The molecule has 0 aliphatic heterocycles. The van der Waals surface area contributed by atoms with Gasteiger partial charge in [0.05, 0.1) is 5.56 Å². The number of hydrogen-bond donors (Lipinski definition) is 1. The van der Waals surface area contributed by atoms with Crippen LogP contribution in [-0.2, 0) is 6.54 Å². The van der Waals surface area contributed by atoms with Crippen LogP contribution < -0.4 is 5.32 Å². The van der Waals surface area contributed by atoms with E-state index in [1.54, 1.807) is 30.6 Å². The first-order valence-corrected chi connectivity index (χ1v) is 6.49. The minimum absolute atomic E-state index is 0.0374. The predicted molar refractivity (Wildman–Crippen MR) is 75.1 cm³/mol. The van der Waals surface area contributed by atoms with Gasteiger partial charge in [0.2, 0.25) is 0 Å². The number of nitrogens with zero attached hydrogens (tertiary/aromatic N) is 3. The molecule has 0 atom stereocenters.